The van der Waals surface area contributed by atoms with E-state index in [9.17, 15) is 55.9 Å². The zero-order valence-electron chi connectivity index (χ0n) is 57.7. The number of nitrogens with two attached hydrogens (primary N) is 1. The van der Waals surface area contributed by atoms with Crippen molar-refractivity contribution >= 4 is 119 Å². The number of aliphatic hydroxyl groups excluding tert-OH is 1. The molecule has 12 rings (SSSR count). The van der Waals surface area contributed by atoms with Gasteiger partial charge in [0.25, 0.3) is 0 Å². The molecule has 4 amide bonds. The number of methoxy groups -OCH3 is 1. The first-order chi connectivity index (χ1) is 48.7. The van der Waals surface area contributed by atoms with E-state index in [4.69, 9.17) is 29.8 Å². The van der Waals surface area contributed by atoms with E-state index < -0.39 is 71.8 Å². The second kappa shape index (κ2) is 37.0. The number of Topliss-reactive ketones (excluding diaryl/α,β-unsaturated/α-hetero) is 1. The zero-order chi connectivity index (χ0) is 73.9. The van der Waals surface area contributed by atoms with Crippen molar-refractivity contribution in [3.05, 3.63) is 96.1 Å². The lowest BCUT2D eigenvalue weighted by Gasteiger charge is -2.28. The Morgan fingerprint density at radius 1 is 0.466 bits per heavy atom. The standard InChI is InChI=1S/C17H21FN4O4.C17H21FN4O3.C14H18FN5O2.C14H17FN4O3.C4H6O3.CH4/c1-20-7-8-21(11-19-20)15-5-3-12(9-14(15)18)22-10-13(26-17(22)24)4-6-16(23)25-2;1-12(23)3-5-14-10-22(17(24)25-14)13-4-6-16(15(18)9-13)21-8-7-20(2)19-11-21;1-18-4-5-19(9-17-18)13-3-2-10(6-12(13)15)20-8-11(7-16)22-14(20)21;1-17-4-5-18(9-16-17)13-3-2-10(6-12(13)15)19-7-11(8-20)22-14(19)21;1-3(5)7-4(2)6;/h3,5,9,11,13H,4,6-8,10H2,1-2H3;4,6,9,11,14H,3,5,7-8,10H2,1-2H3;2-3,6,9,11H,4-5,7-8,16H2,1H3;2-3,6,9,11,20H,4-5,7-8H2,1H3;1-2H3;1H4/t13-;14-;2*11-;;/m0001../s1. The molecule has 8 heterocycles. The fourth-order valence-electron chi connectivity index (χ4n) is 10.8. The number of ketones is 1. The minimum absolute atomic E-state index is 0. The molecule has 4 fully saturated rings. The van der Waals surface area contributed by atoms with Crippen molar-refractivity contribution < 1.29 is 89.4 Å². The van der Waals surface area contributed by atoms with E-state index >= 15 is 0 Å². The number of anilines is 8. The second-order valence-corrected chi connectivity index (χ2v) is 24.1. The van der Waals surface area contributed by atoms with Gasteiger partial charge in [0.2, 0.25) is 0 Å². The maximum Gasteiger partial charge on any atom is 0.414 e. The summed E-state index contributed by atoms with van der Waals surface area (Å²) < 4.78 is 86.9. The number of rotatable bonds is 16. The molecule has 0 spiro atoms. The van der Waals surface area contributed by atoms with Crippen LogP contribution in [0.5, 0.6) is 0 Å². The highest BCUT2D eigenvalue weighted by atomic mass is 19.1. The first kappa shape index (κ1) is 79.3. The Morgan fingerprint density at radius 2 is 0.748 bits per heavy atom. The molecule has 32 nitrogen and oxygen atoms in total. The average molecular weight is 1450 g/mol. The molecule has 0 saturated carbocycles. The van der Waals surface area contributed by atoms with Crippen molar-refractivity contribution in [2.24, 2.45) is 26.1 Å². The van der Waals surface area contributed by atoms with Crippen molar-refractivity contribution in [1.29, 1.82) is 0 Å². The lowest BCUT2D eigenvalue weighted by atomic mass is 10.1. The summed E-state index contributed by atoms with van der Waals surface area (Å²) in [6.07, 6.45) is 3.90. The van der Waals surface area contributed by atoms with Crippen LogP contribution in [0.25, 0.3) is 0 Å². The van der Waals surface area contributed by atoms with E-state index in [2.05, 4.69) is 29.9 Å². The van der Waals surface area contributed by atoms with Crippen LogP contribution in [0.4, 0.5) is 82.2 Å². The van der Waals surface area contributed by atoms with Gasteiger partial charge in [-0.2, -0.15) is 20.4 Å². The maximum atomic E-state index is 14.6. The molecule has 3 N–H and O–H groups in total. The first-order valence-electron chi connectivity index (χ1n) is 32.5. The molecular weight excluding hydrogens is 1360 g/mol. The smallest absolute Gasteiger partial charge is 0.414 e. The number of hydrogen-bond donors (Lipinski definition) is 2. The van der Waals surface area contributed by atoms with Crippen LogP contribution in [-0.2, 0) is 47.6 Å². The van der Waals surface area contributed by atoms with Crippen LogP contribution >= 0.6 is 0 Å². The summed E-state index contributed by atoms with van der Waals surface area (Å²) in [5.41, 5.74) is 8.90. The Labute approximate surface area is 593 Å². The van der Waals surface area contributed by atoms with Crippen molar-refractivity contribution in [1.82, 2.24) is 20.0 Å². The van der Waals surface area contributed by atoms with E-state index in [1.165, 1.54) is 71.7 Å². The number of carbonyl (C=O) groups is 8. The van der Waals surface area contributed by atoms with Gasteiger partial charge in [0, 0.05) is 87.6 Å². The number of ether oxygens (including phenoxy) is 6. The molecule has 4 atom stereocenters. The quantitative estimate of drug-likeness (QED) is 0.0531. The number of amides is 4. The molecule has 8 aliphatic rings. The molecule has 0 radical (unpaired) electrons. The summed E-state index contributed by atoms with van der Waals surface area (Å²) in [4.78, 5) is 102. The molecule has 8 aliphatic heterocycles. The number of benzene rings is 4. The number of carbonyl (C=O) groups excluding carboxylic acids is 8. The van der Waals surface area contributed by atoms with E-state index in [1.807, 2.05) is 28.2 Å². The van der Waals surface area contributed by atoms with E-state index in [0.29, 0.717) is 130 Å². The van der Waals surface area contributed by atoms with Gasteiger partial charge in [0.15, 0.2) is 0 Å². The fraction of sp³-hybridized carbons (Fsp3) is 0.463. The SMILES string of the molecule is C.CC(=O)CC[C@H]1CN(c2ccc(N3C=NN(C)CC3)c(F)c2)C(=O)O1.CC(=O)OC(C)=O.CN1CCN(c2ccc(N3C[C@H](CN)OC3=O)cc2F)C=N1.CN1CCN(c2ccc(N3C[C@H](CO)OC3=O)cc2F)C=N1.COC(=O)CC[C@H]1CN(c2ccc(N3C=NN(C)CC3)c(F)c2)C(=O)O1. The van der Waals surface area contributed by atoms with E-state index in [1.54, 1.807) is 114 Å². The van der Waals surface area contributed by atoms with Crippen LogP contribution in [0, 0.1) is 23.3 Å². The van der Waals surface area contributed by atoms with Gasteiger partial charge >= 0.3 is 42.3 Å². The van der Waals surface area contributed by atoms with Crippen LogP contribution < -0.4 is 44.9 Å². The molecule has 0 aromatic heterocycles. The van der Waals surface area contributed by atoms with Crippen molar-refractivity contribution in [2.75, 3.05) is 166 Å². The predicted molar refractivity (Wildman–Crippen MR) is 376 cm³/mol. The Balaban J connectivity index is 0.000000186. The minimum Gasteiger partial charge on any atom is -0.469 e. The molecule has 0 aliphatic carbocycles. The van der Waals surface area contributed by atoms with Crippen LogP contribution in [0.3, 0.4) is 0 Å². The van der Waals surface area contributed by atoms with Crippen molar-refractivity contribution in [2.45, 2.75) is 78.3 Å². The highest BCUT2D eigenvalue weighted by Gasteiger charge is 2.37. The second-order valence-electron chi connectivity index (χ2n) is 24.1. The first-order valence-corrected chi connectivity index (χ1v) is 32.5. The largest absolute Gasteiger partial charge is 0.469 e. The van der Waals surface area contributed by atoms with Crippen LogP contribution in [0.15, 0.2) is 93.2 Å². The van der Waals surface area contributed by atoms with Gasteiger partial charge < -0.3 is 63.7 Å². The normalized spacial score (nSPS) is 19.6. The number of halogens is 4. The highest BCUT2D eigenvalue weighted by molar-refractivity contribution is 5.94. The number of aliphatic hydroxyl groups is 1. The van der Waals surface area contributed by atoms with Gasteiger partial charge in [-0.05, 0) is 92.6 Å². The summed E-state index contributed by atoms with van der Waals surface area (Å²) in [6, 6.07) is 18.5. The third kappa shape index (κ3) is 22.0. The van der Waals surface area contributed by atoms with Crippen LogP contribution in [0.2, 0.25) is 0 Å². The lowest BCUT2D eigenvalue weighted by molar-refractivity contribution is -0.156. The third-order valence-electron chi connectivity index (χ3n) is 16.4. The molecule has 0 unspecified atom stereocenters. The molecule has 4 aromatic rings. The molecule has 4 saturated heterocycles. The summed E-state index contributed by atoms with van der Waals surface area (Å²) in [5.74, 6) is -3.13. The number of nitrogens with zero attached hydrogens (tertiary/aromatic N) is 16. The Hall–Kier alpha value is -11.0. The number of hydrogen-bond acceptors (Lipinski definition) is 28. The third-order valence-corrected chi connectivity index (χ3v) is 16.4. The Morgan fingerprint density at radius 3 is 0.971 bits per heavy atom. The summed E-state index contributed by atoms with van der Waals surface area (Å²) in [6.45, 7) is 10.4. The van der Waals surface area contributed by atoms with Gasteiger partial charge in [0.05, 0.1) is 112 Å². The molecule has 558 valence electrons. The molecule has 4 aromatic carbocycles. The molecule has 103 heavy (non-hydrogen) atoms. The van der Waals surface area contributed by atoms with E-state index in [0.717, 1.165) is 0 Å². The minimum atomic E-state index is -0.577. The van der Waals surface area contributed by atoms with Gasteiger partial charge in [-0.3, -0.25) is 54.0 Å². The topological polar surface area (TPSA) is 327 Å². The van der Waals surface area contributed by atoms with Crippen molar-refractivity contribution in [3.8, 4) is 0 Å². The number of hydrazone groups is 4. The predicted octanol–water partition coefficient (Wildman–Crippen LogP) is 6.39. The summed E-state index contributed by atoms with van der Waals surface area (Å²) in [5, 5.41) is 32.7. The summed E-state index contributed by atoms with van der Waals surface area (Å²) in [7, 11) is 8.73. The number of esters is 3. The van der Waals surface area contributed by atoms with Crippen LogP contribution in [-0.4, -0.2) is 250 Å². The number of likely N-dealkylation sites (N-methyl/N-ethyl adjacent to an activating group) is 4. The van der Waals surface area contributed by atoms with Crippen LogP contribution in [0.1, 0.15) is 53.9 Å². The summed E-state index contributed by atoms with van der Waals surface area (Å²) >= 11 is 0. The lowest BCUT2D eigenvalue weighted by Crippen LogP contribution is -2.36. The molecular formula is C67H87F4N17O15. The molecule has 36 heteroatoms. The van der Waals surface area contributed by atoms with Gasteiger partial charge in [-0.1, -0.05) is 7.43 Å². The van der Waals surface area contributed by atoms with Gasteiger partial charge in [0.1, 0.15) is 78.8 Å². The van der Waals surface area contributed by atoms with E-state index in [-0.39, 0.29) is 64.0 Å². The zero-order valence-corrected chi connectivity index (χ0v) is 57.7. The average Bonchev–Trinajstić information content (AvgIpc) is 1.79. The molecule has 0 bridgehead atoms. The fourth-order valence-corrected chi connectivity index (χ4v) is 10.8. The van der Waals surface area contributed by atoms with Crippen molar-refractivity contribution in [3.63, 3.8) is 0 Å². The van der Waals surface area contributed by atoms with Gasteiger partial charge in [-0.25, -0.2) is 36.7 Å². The van der Waals surface area contributed by atoms with Gasteiger partial charge in [-0.15, -0.1) is 0 Å². The number of cyclic esters (lactones) is 4. The highest BCUT2D eigenvalue weighted by Crippen LogP contribution is 2.33. The maximum absolute atomic E-state index is 14.6. The monoisotopic (exact) mass is 1450 g/mol. The Bertz CT molecular complexity index is 3690. The Kier molecular flexibility index (Phi) is 28.5.